The first-order chi connectivity index (χ1) is 7.58. The minimum absolute atomic E-state index is 0.0612. The summed E-state index contributed by atoms with van der Waals surface area (Å²) in [6.45, 7) is 1.91. The zero-order valence-electron chi connectivity index (χ0n) is 9.07. The van der Waals surface area contributed by atoms with E-state index in [2.05, 4.69) is 5.32 Å². The summed E-state index contributed by atoms with van der Waals surface area (Å²) in [6.07, 6.45) is 0. The molecule has 2 unspecified atom stereocenters. The second-order valence-corrected chi connectivity index (χ2v) is 3.98. The molecule has 0 spiro atoms. The number of nitrogens with two attached hydrogens (primary N) is 2. The van der Waals surface area contributed by atoms with Gasteiger partial charge >= 0.3 is 0 Å². The molecule has 5 N–H and O–H groups in total. The lowest BCUT2D eigenvalue weighted by molar-refractivity contribution is -0.118. The van der Waals surface area contributed by atoms with Crippen molar-refractivity contribution in [3.63, 3.8) is 0 Å². The van der Waals surface area contributed by atoms with Gasteiger partial charge in [-0.3, -0.25) is 4.79 Å². The molecule has 0 aliphatic carbocycles. The first-order valence-electron chi connectivity index (χ1n) is 5.15. The monoisotopic (exact) mass is 221 g/mol. The molecule has 1 aromatic rings. The Hall–Kier alpha value is -1.59. The van der Waals surface area contributed by atoms with Gasteiger partial charge in [-0.1, -0.05) is 6.07 Å². The number of benzene rings is 1. The average Bonchev–Trinajstić information content (AvgIpc) is 2.26. The van der Waals surface area contributed by atoms with E-state index in [-0.39, 0.29) is 24.6 Å². The van der Waals surface area contributed by atoms with E-state index in [9.17, 15) is 4.79 Å². The van der Waals surface area contributed by atoms with Crippen LogP contribution in [-0.2, 0) is 4.79 Å². The SMILES string of the molecule is CC(N)C(N)c1ccc2c(c1)NC(=O)CO2. The van der Waals surface area contributed by atoms with E-state index in [1.807, 2.05) is 13.0 Å². The van der Waals surface area contributed by atoms with E-state index in [4.69, 9.17) is 16.2 Å². The summed E-state index contributed by atoms with van der Waals surface area (Å²) >= 11 is 0. The highest BCUT2D eigenvalue weighted by Crippen LogP contribution is 2.30. The van der Waals surface area contributed by atoms with Gasteiger partial charge < -0.3 is 21.5 Å². The molecule has 2 atom stereocenters. The summed E-state index contributed by atoms with van der Waals surface area (Å²) < 4.78 is 5.25. The van der Waals surface area contributed by atoms with Crippen LogP contribution >= 0.6 is 0 Å². The molecule has 5 heteroatoms. The van der Waals surface area contributed by atoms with Crippen molar-refractivity contribution in [1.29, 1.82) is 0 Å². The molecular formula is C11H15N3O2. The molecule has 2 rings (SSSR count). The molecule has 0 bridgehead atoms. The maximum absolute atomic E-state index is 11.1. The zero-order valence-corrected chi connectivity index (χ0v) is 9.07. The van der Waals surface area contributed by atoms with Gasteiger partial charge in [-0.15, -0.1) is 0 Å². The zero-order chi connectivity index (χ0) is 11.7. The Balaban J connectivity index is 2.31. The van der Waals surface area contributed by atoms with E-state index in [1.54, 1.807) is 12.1 Å². The molecule has 16 heavy (non-hydrogen) atoms. The minimum Gasteiger partial charge on any atom is -0.482 e. The fraction of sp³-hybridized carbons (Fsp3) is 0.364. The van der Waals surface area contributed by atoms with E-state index in [0.29, 0.717) is 11.4 Å². The molecule has 1 aliphatic heterocycles. The highest BCUT2D eigenvalue weighted by atomic mass is 16.5. The van der Waals surface area contributed by atoms with Crippen LogP contribution in [0, 0.1) is 0 Å². The summed E-state index contributed by atoms with van der Waals surface area (Å²) in [7, 11) is 0. The van der Waals surface area contributed by atoms with Crippen LogP contribution in [0.4, 0.5) is 5.69 Å². The smallest absolute Gasteiger partial charge is 0.262 e. The third-order valence-electron chi connectivity index (χ3n) is 2.59. The van der Waals surface area contributed by atoms with Gasteiger partial charge in [0.1, 0.15) is 5.75 Å². The minimum atomic E-state index is -0.246. The normalized spacial score (nSPS) is 18.1. The summed E-state index contributed by atoms with van der Waals surface area (Å²) in [4.78, 5) is 11.1. The topological polar surface area (TPSA) is 90.4 Å². The van der Waals surface area contributed by atoms with Gasteiger partial charge in [-0.2, -0.15) is 0 Å². The van der Waals surface area contributed by atoms with E-state index in [0.717, 1.165) is 5.56 Å². The summed E-state index contributed by atoms with van der Waals surface area (Å²) in [5.41, 5.74) is 13.2. The lowest BCUT2D eigenvalue weighted by Crippen LogP contribution is -2.31. The van der Waals surface area contributed by atoms with Gasteiger partial charge in [-0.05, 0) is 24.6 Å². The lowest BCUT2D eigenvalue weighted by atomic mass is 10.0. The fourth-order valence-electron chi connectivity index (χ4n) is 1.61. The molecule has 1 amide bonds. The van der Waals surface area contributed by atoms with Crippen molar-refractivity contribution < 1.29 is 9.53 Å². The van der Waals surface area contributed by atoms with Crippen LogP contribution in [0.25, 0.3) is 0 Å². The van der Waals surface area contributed by atoms with Crippen LogP contribution in [-0.4, -0.2) is 18.6 Å². The molecule has 1 aromatic carbocycles. The third-order valence-corrected chi connectivity index (χ3v) is 2.59. The molecule has 5 nitrogen and oxygen atoms in total. The number of anilines is 1. The van der Waals surface area contributed by atoms with Crippen LogP contribution in [0.1, 0.15) is 18.5 Å². The van der Waals surface area contributed by atoms with Gasteiger partial charge in [0, 0.05) is 12.1 Å². The Bertz CT molecular complexity index is 418. The van der Waals surface area contributed by atoms with Crippen molar-refractivity contribution in [2.75, 3.05) is 11.9 Å². The predicted molar refractivity (Wildman–Crippen MR) is 61.1 cm³/mol. The largest absolute Gasteiger partial charge is 0.482 e. The lowest BCUT2D eigenvalue weighted by Gasteiger charge is -2.21. The van der Waals surface area contributed by atoms with E-state index in [1.165, 1.54) is 0 Å². The molecule has 1 heterocycles. The Kier molecular flexibility index (Phi) is 2.80. The molecular weight excluding hydrogens is 206 g/mol. The Labute approximate surface area is 93.8 Å². The fourth-order valence-corrected chi connectivity index (χ4v) is 1.61. The van der Waals surface area contributed by atoms with Gasteiger partial charge in [0.25, 0.3) is 5.91 Å². The maximum atomic E-state index is 11.1. The van der Waals surface area contributed by atoms with E-state index >= 15 is 0 Å². The Morgan fingerprint density at radius 3 is 2.88 bits per heavy atom. The first kappa shape index (κ1) is 10.9. The number of fused-ring (bicyclic) bond motifs is 1. The average molecular weight is 221 g/mol. The number of rotatable bonds is 2. The number of nitrogens with one attached hydrogen (secondary N) is 1. The Morgan fingerprint density at radius 1 is 1.44 bits per heavy atom. The molecule has 0 fully saturated rings. The summed E-state index contributed by atoms with van der Waals surface area (Å²) in [6, 6.07) is 5.08. The first-order valence-corrected chi connectivity index (χ1v) is 5.15. The Morgan fingerprint density at radius 2 is 2.19 bits per heavy atom. The van der Waals surface area contributed by atoms with Crippen molar-refractivity contribution in [3.05, 3.63) is 23.8 Å². The highest BCUT2D eigenvalue weighted by molar-refractivity contribution is 5.95. The number of carbonyl (C=O) groups excluding carboxylic acids is 1. The van der Waals surface area contributed by atoms with Gasteiger partial charge in [0.2, 0.25) is 0 Å². The van der Waals surface area contributed by atoms with Gasteiger partial charge in [0.05, 0.1) is 5.69 Å². The summed E-state index contributed by atoms with van der Waals surface area (Å²) in [5.74, 6) is 0.513. The predicted octanol–water partition coefficient (Wildman–Crippen LogP) is 0.364. The molecule has 0 saturated heterocycles. The molecule has 0 aromatic heterocycles. The molecule has 0 saturated carbocycles. The van der Waals surface area contributed by atoms with Crippen molar-refractivity contribution in [1.82, 2.24) is 0 Å². The van der Waals surface area contributed by atoms with Crippen LogP contribution in [0.2, 0.25) is 0 Å². The number of hydrogen-bond acceptors (Lipinski definition) is 4. The van der Waals surface area contributed by atoms with Crippen LogP contribution in [0.15, 0.2) is 18.2 Å². The summed E-state index contributed by atoms with van der Waals surface area (Å²) in [5, 5.41) is 2.73. The van der Waals surface area contributed by atoms with Crippen molar-refractivity contribution in [2.24, 2.45) is 11.5 Å². The van der Waals surface area contributed by atoms with Gasteiger partial charge in [-0.25, -0.2) is 0 Å². The second kappa shape index (κ2) is 4.11. The molecule has 1 aliphatic rings. The molecule has 0 radical (unpaired) electrons. The van der Waals surface area contributed by atoms with E-state index < -0.39 is 0 Å². The quantitative estimate of drug-likeness (QED) is 0.672. The number of carbonyl (C=O) groups is 1. The van der Waals surface area contributed by atoms with Crippen molar-refractivity contribution >= 4 is 11.6 Å². The standard InChI is InChI=1S/C11H15N3O2/c1-6(12)11(13)7-2-3-9-8(4-7)14-10(15)5-16-9/h2-4,6,11H,5,12-13H2,1H3,(H,14,15). The maximum Gasteiger partial charge on any atom is 0.262 e. The molecule has 86 valence electrons. The van der Waals surface area contributed by atoms with Crippen LogP contribution < -0.4 is 21.5 Å². The third kappa shape index (κ3) is 2.00. The number of hydrogen-bond donors (Lipinski definition) is 3. The van der Waals surface area contributed by atoms with Gasteiger partial charge in [0.15, 0.2) is 6.61 Å². The second-order valence-electron chi connectivity index (χ2n) is 3.98. The number of ether oxygens (including phenoxy) is 1. The van der Waals surface area contributed by atoms with Crippen molar-refractivity contribution in [2.45, 2.75) is 19.0 Å². The van der Waals surface area contributed by atoms with Crippen LogP contribution in [0.5, 0.6) is 5.75 Å². The van der Waals surface area contributed by atoms with Crippen LogP contribution in [0.3, 0.4) is 0 Å². The highest BCUT2D eigenvalue weighted by Gasteiger charge is 2.18. The van der Waals surface area contributed by atoms with Crippen molar-refractivity contribution in [3.8, 4) is 5.75 Å². The number of amides is 1.